The van der Waals surface area contributed by atoms with E-state index in [1.807, 2.05) is 36.7 Å². The second-order valence-electron chi connectivity index (χ2n) is 3.46. The summed E-state index contributed by atoms with van der Waals surface area (Å²) < 4.78 is 3.09. The van der Waals surface area contributed by atoms with Crippen LogP contribution in [-0.4, -0.2) is 14.4 Å². The maximum Gasteiger partial charge on any atom is 0.144 e. The van der Waals surface area contributed by atoms with Crippen LogP contribution in [0.15, 0.2) is 53.5 Å². The Morgan fingerprint density at radius 1 is 1.06 bits per heavy atom. The van der Waals surface area contributed by atoms with Crippen molar-refractivity contribution in [2.75, 3.05) is 0 Å². The van der Waals surface area contributed by atoms with Gasteiger partial charge < -0.3 is 0 Å². The molecule has 0 aliphatic rings. The molecule has 3 aromatic heterocycles. The molecular formula is C12H8BrN3. The fraction of sp³-hybridized carbons (Fsp3) is 0. The third-order valence-electron chi connectivity index (χ3n) is 2.43. The van der Waals surface area contributed by atoms with Gasteiger partial charge in [-0.3, -0.25) is 9.38 Å². The van der Waals surface area contributed by atoms with Crippen molar-refractivity contribution in [3.63, 3.8) is 0 Å². The van der Waals surface area contributed by atoms with E-state index in [9.17, 15) is 0 Å². The number of rotatable bonds is 1. The van der Waals surface area contributed by atoms with Crippen LogP contribution < -0.4 is 0 Å². The number of nitrogens with zero attached hydrogens (tertiary/aromatic N) is 3. The summed E-state index contributed by atoms with van der Waals surface area (Å²) in [6, 6.07) is 7.94. The van der Waals surface area contributed by atoms with Crippen LogP contribution in [0.5, 0.6) is 0 Å². The number of hydrogen-bond acceptors (Lipinski definition) is 2. The van der Waals surface area contributed by atoms with Crippen molar-refractivity contribution < 1.29 is 0 Å². The first-order valence-electron chi connectivity index (χ1n) is 4.87. The minimum absolute atomic E-state index is 0.929. The van der Waals surface area contributed by atoms with E-state index in [-0.39, 0.29) is 0 Å². The number of fused-ring (bicyclic) bond motifs is 1. The van der Waals surface area contributed by atoms with Gasteiger partial charge in [0.05, 0.1) is 11.7 Å². The van der Waals surface area contributed by atoms with E-state index in [1.54, 1.807) is 12.4 Å². The van der Waals surface area contributed by atoms with Crippen molar-refractivity contribution in [3.8, 4) is 11.4 Å². The molecular weight excluding hydrogens is 266 g/mol. The largest absolute Gasteiger partial charge is 0.299 e. The van der Waals surface area contributed by atoms with Gasteiger partial charge in [0.2, 0.25) is 0 Å². The van der Waals surface area contributed by atoms with Gasteiger partial charge in [-0.05, 0) is 40.2 Å². The Morgan fingerprint density at radius 3 is 2.69 bits per heavy atom. The predicted octanol–water partition coefficient (Wildman–Crippen LogP) is 3.16. The van der Waals surface area contributed by atoms with Crippen molar-refractivity contribution in [1.82, 2.24) is 14.4 Å². The summed E-state index contributed by atoms with van der Waals surface area (Å²) in [6.07, 6.45) is 7.42. The Kier molecular flexibility index (Phi) is 2.22. The molecule has 0 radical (unpaired) electrons. The first-order valence-corrected chi connectivity index (χ1v) is 5.67. The molecule has 0 spiro atoms. The molecule has 0 aromatic carbocycles. The van der Waals surface area contributed by atoms with Gasteiger partial charge in [0, 0.05) is 28.6 Å². The second kappa shape index (κ2) is 3.72. The Bertz CT molecular complexity index is 631. The first kappa shape index (κ1) is 9.54. The minimum atomic E-state index is 0.929. The zero-order valence-corrected chi connectivity index (χ0v) is 9.92. The molecule has 3 aromatic rings. The summed E-state index contributed by atoms with van der Waals surface area (Å²) in [6.45, 7) is 0. The topological polar surface area (TPSA) is 30.2 Å². The van der Waals surface area contributed by atoms with Gasteiger partial charge >= 0.3 is 0 Å². The Morgan fingerprint density at radius 2 is 1.88 bits per heavy atom. The standard InChI is InChI=1S/C12H8BrN3/c13-10-1-2-11-7-15-12(16(11)8-10)9-3-5-14-6-4-9/h1-8H. The third-order valence-corrected chi connectivity index (χ3v) is 2.90. The molecule has 0 bridgehead atoms. The van der Waals surface area contributed by atoms with Gasteiger partial charge in [-0.25, -0.2) is 4.98 Å². The SMILES string of the molecule is Brc1ccc2cnc(-c3ccncc3)n2c1. The summed E-state index contributed by atoms with van der Waals surface area (Å²) in [7, 11) is 0. The van der Waals surface area contributed by atoms with E-state index in [2.05, 4.69) is 30.3 Å². The quantitative estimate of drug-likeness (QED) is 0.682. The highest BCUT2D eigenvalue weighted by molar-refractivity contribution is 9.10. The summed E-state index contributed by atoms with van der Waals surface area (Å²) in [5, 5.41) is 0. The van der Waals surface area contributed by atoms with E-state index in [4.69, 9.17) is 0 Å². The zero-order valence-electron chi connectivity index (χ0n) is 8.34. The summed E-state index contributed by atoms with van der Waals surface area (Å²) >= 11 is 3.46. The summed E-state index contributed by atoms with van der Waals surface area (Å²) in [5.41, 5.74) is 2.14. The van der Waals surface area contributed by atoms with Gasteiger partial charge in [-0.2, -0.15) is 0 Å². The van der Waals surface area contributed by atoms with Gasteiger partial charge in [0.25, 0.3) is 0 Å². The summed E-state index contributed by atoms with van der Waals surface area (Å²) in [5.74, 6) is 0.929. The molecule has 0 unspecified atom stereocenters. The van der Waals surface area contributed by atoms with Gasteiger partial charge in [-0.15, -0.1) is 0 Å². The fourth-order valence-corrected chi connectivity index (χ4v) is 2.02. The maximum absolute atomic E-state index is 4.42. The van der Waals surface area contributed by atoms with Crippen molar-refractivity contribution in [2.45, 2.75) is 0 Å². The van der Waals surface area contributed by atoms with Crippen LogP contribution in [0.25, 0.3) is 16.9 Å². The lowest BCUT2D eigenvalue weighted by atomic mass is 10.2. The highest BCUT2D eigenvalue weighted by Gasteiger charge is 2.05. The average Bonchev–Trinajstić information content (AvgIpc) is 2.73. The minimum Gasteiger partial charge on any atom is -0.299 e. The molecule has 78 valence electrons. The highest BCUT2D eigenvalue weighted by Crippen LogP contribution is 2.21. The lowest BCUT2D eigenvalue weighted by molar-refractivity contribution is 1.15. The number of hydrogen-bond donors (Lipinski definition) is 0. The molecule has 0 N–H and O–H groups in total. The molecule has 4 heteroatoms. The van der Waals surface area contributed by atoms with Crippen LogP contribution in [0.1, 0.15) is 0 Å². The fourth-order valence-electron chi connectivity index (χ4n) is 1.68. The third kappa shape index (κ3) is 1.51. The number of aromatic nitrogens is 3. The molecule has 0 saturated heterocycles. The highest BCUT2D eigenvalue weighted by atomic mass is 79.9. The van der Waals surface area contributed by atoms with Crippen LogP contribution in [0.2, 0.25) is 0 Å². The Balaban J connectivity index is 2.29. The molecule has 16 heavy (non-hydrogen) atoms. The summed E-state index contributed by atoms with van der Waals surface area (Å²) in [4.78, 5) is 8.43. The second-order valence-corrected chi connectivity index (χ2v) is 4.38. The van der Waals surface area contributed by atoms with Gasteiger partial charge in [-0.1, -0.05) is 0 Å². The molecule has 0 fully saturated rings. The van der Waals surface area contributed by atoms with E-state index in [0.29, 0.717) is 0 Å². The van der Waals surface area contributed by atoms with E-state index >= 15 is 0 Å². The molecule has 0 atom stereocenters. The normalized spacial score (nSPS) is 10.8. The molecule has 0 amide bonds. The monoisotopic (exact) mass is 273 g/mol. The van der Waals surface area contributed by atoms with Gasteiger partial charge in [0.1, 0.15) is 5.82 Å². The van der Waals surface area contributed by atoms with E-state index in [0.717, 1.165) is 21.4 Å². The first-order chi connectivity index (χ1) is 7.84. The van der Waals surface area contributed by atoms with Crippen LogP contribution in [0.4, 0.5) is 0 Å². The van der Waals surface area contributed by atoms with Crippen molar-refractivity contribution >= 4 is 21.4 Å². The van der Waals surface area contributed by atoms with Crippen LogP contribution in [-0.2, 0) is 0 Å². The van der Waals surface area contributed by atoms with Crippen molar-refractivity contribution in [1.29, 1.82) is 0 Å². The Labute approximate surface area is 101 Å². The molecule has 0 saturated carbocycles. The zero-order chi connectivity index (χ0) is 11.0. The van der Waals surface area contributed by atoms with Gasteiger partial charge in [0.15, 0.2) is 0 Å². The van der Waals surface area contributed by atoms with Crippen LogP contribution in [0.3, 0.4) is 0 Å². The molecule has 0 aliphatic heterocycles. The maximum atomic E-state index is 4.42. The van der Waals surface area contributed by atoms with E-state index in [1.165, 1.54) is 0 Å². The lowest BCUT2D eigenvalue weighted by Gasteiger charge is -2.01. The molecule has 0 aliphatic carbocycles. The number of pyridine rings is 2. The van der Waals surface area contributed by atoms with Crippen molar-refractivity contribution in [2.24, 2.45) is 0 Å². The smallest absolute Gasteiger partial charge is 0.144 e. The average molecular weight is 274 g/mol. The van der Waals surface area contributed by atoms with E-state index < -0.39 is 0 Å². The molecule has 3 heterocycles. The molecule has 3 nitrogen and oxygen atoms in total. The predicted molar refractivity (Wildman–Crippen MR) is 66.1 cm³/mol. The number of imidazole rings is 1. The molecule has 3 rings (SSSR count). The Hall–Kier alpha value is -1.68. The van der Waals surface area contributed by atoms with Crippen LogP contribution in [0, 0.1) is 0 Å². The lowest BCUT2D eigenvalue weighted by Crippen LogP contribution is -1.89. The number of halogens is 1. The van der Waals surface area contributed by atoms with Crippen molar-refractivity contribution in [3.05, 3.63) is 53.5 Å². The van der Waals surface area contributed by atoms with Crippen LogP contribution >= 0.6 is 15.9 Å².